The summed E-state index contributed by atoms with van der Waals surface area (Å²) in [5, 5.41) is 42.3. The molecule has 11 nitrogen and oxygen atoms in total. The summed E-state index contributed by atoms with van der Waals surface area (Å²) in [5.41, 5.74) is 0.679. The molecule has 3 amide bonds. The van der Waals surface area contributed by atoms with Crippen molar-refractivity contribution in [3.8, 4) is 0 Å². The van der Waals surface area contributed by atoms with Crippen molar-refractivity contribution >= 4 is 91.2 Å². The lowest BCUT2D eigenvalue weighted by Crippen LogP contribution is -2.39. The lowest BCUT2D eigenvalue weighted by molar-refractivity contribution is -0.122. The van der Waals surface area contributed by atoms with Gasteiger partial charge in [-0.05, 0) is 74.2 Å². The number of aliphatic hydroxyl groups excluding tert-OH is 4. The van der Waals surface area contributed by atoms with E-state index in [-0.39, 0.29) is 36.7 Å². The van der Waals surface area contributed by atoms with E-state index < -0.39 is 37.2 Å². The molecule has 0 aliphatic carbocycles. The molecule has 2 unspecified atom stereocenters. The molecule has 1 aliphatic rings. The number of nitrogens with zero attached hydrogens (tertiary/aromatic N) is 1. The van der Waals surface area contributed by atoms with Gasteiger partial charge in [-0.2, -0.15) is 0 Å². The summed E-state index contributed by atoms with van der Waals surface area (Å²) in [5.74, 6) is -1.48. The molecular weight excluding hydrogens is 779 g/mol. The van der Waals surface area contributed by atoms with Crippen LogP contribution in [0.2, 0.25) is 0 Å². The van der Waals surface area contributed by atoms with Crippen LogP contribution >= 0.6 is 67.8 Å². The van der Waals surface area contributed by atoms with E-state index in [9.17, 15) is 24.6 Å². The van der Waals surface area contributed by atoms with E-state index in [0.717, 1.165) is 0 Å². The number of aliphatic hydroxyl groups is 4. The van der Waals surface area contributed by atoms with Gasteiger partial charge in [0.15, 0.2) is 0 Å². The quantitative estimate of drug-likeness (QED) is 0.181. The topological polar surface area (TPSA) is 169 Å². The molecule has 1 heterocycles. The number of rotatable bonds is 9. The second-order valence-electron chi connectivity index (χ2n) is 7.08. The van der Waals surface area contributed by atoms with Crippen LogP contribution in [0.15, 0.2) is 0 Å². The lowest BCUT2D eigenvalue weighted by Gasteiger charge is -2.27. The highest BCUT2D eigenvalue weighted by molar-refractivity contribution is 14.1. The Hall–Kier alpha value is -0.380. The number of carbonyl (C=O) groups is 3. The molecule has 0 bridgehead atoms. The predicted molar refractivity (Wildman–Crippen MR) is 143 cm³/mol. The monoisotopic (exact) mass is 803 g/mol. The Morgan fingerprint density at radius 2 is 1.42 bits per heavy atom. The molecule has 0 saturated carbocycles. The number of nitrogens with one attached hydrogen (secondary N) is 2. The number of amides is 3. The normalized spacial score (nSPS) is 16.2. The highest BCUT2D eigenvalue weighted by Crippen LogP contribution is 2.38. The van der Waals surface area contributed by atoms with E-state index in [1.807, 2.05) is 67.8 Å². The molecule has 1 saturated heterocycles. The number of hydrogen-bond donors (Lipinski definition) is 6. The summed E-state index contributed by atoms with van der Waals surface area (Å²) in [4.78, 5) is 40.3. The average Bonchev–Trinajstić information content (AvgIpc) is 3.00. The predicted octanol–water partition coefficient (Wildman–Crippen LogP) is -0.580. The third-order valence-electron chi connectivity index (χ3n) is 4.63. The Balaban J connectivity index is 2.61. The van der Waals surface area contributed by atoms with E-state index in [2.05, 4.69) is 10.6 Å². The fourth-order valence-corrected chi connectivity index (χ4v) is 7.67. The highest BCUT2D eigenvalue weighted by Gasteiger charge is 2.32. The Morgan fingerprint density at radius 3 is 1.88 bits per heavy atom. The smallest absolute Gasteiger partial charge is 0.253 e. The van der Waals surface area contributed by atoms with Gasteiger partial charge in [0.05, 0.1) is 49.4 Å². The third-order valence-corrected chi connectivity index (χ3v) is 7.81. The molecular formula is C19H24I3N3O8. The molecule has 1 aromatic rings. The summed E-state index contributed by atoms with van der Waals surface area (Å²) >= 11 is 5.78. The van der Waals surface area contributed by atoms with Crippen LogP contribution in [0.1, 0.15) is 27.1 Å². The van der Waals surface area contributed by atoms with Crippen LogP contribution in [0.5, 0.6) is 0 Å². The second kappa shape index (κ2) is 13.6. The molecule has 184 valence electrons. The molecule has 0 radical (unpaired) electrons. The number of ether oxygens (including phenoxy) is 1. The van der Waals surface area contributed by atoms with Gasteiger partial charge in [0.25, 0.3) is 17.7 Å². The minimum absolute atomic E-state index is 0.132. The summed E-state index contributed by atoms with van der Waals surface area (Å²) in [6, 6.07) is 0. The van der Waals surface area contributed by atoms with Gasteiger partial charge < -0.3 is 40.7 Å². The second-order valence-corrected chi connectivity index (χ2v) is 10.3. The standard InChI is InChI=1S/C19H24I3N3O8/c20-14-12(18(31)23-4-9(28)6-26)15(21)17(25-2-1-3-33-8-11(25)30)16(22)13(14)19(32)24-5-10(29)7-27/h9-10,26-29H,1-8H2,(H,23,31)(H,24,32). The van der Waals surface area contributed by atoms with Crippen molar-refractivity contribution < 1.29 is 39.5 Å². The van der Waals surface area contributed by atoms with Crippen molar-refractivity contribution in [3.63, 3.8) is 0 Å². The number of anilines is 1. The average molecular weight is 803 g/mol. The first-order valence-electron chi connectivity index (χ1n) is 9.86. The van der Waals surface area contributed by atoms with Crippen molar-refractivity contribution in [2.24, 2.45) is 0 Å². The van der Waals surface area contributed by atoms with Crippen molar-refractivity contribution in [1.29, 1.82) is 0 Å². The molecule has 1 aliphatic heterocycles. The Morgan fingerprint density at radius 1 is 0.939 bits per heavy atom. The molecule has 6 N–H and O–H groups in total. The minimum Gasteiger partial charge on any atom is -0.394 e. The van der Waals surface area contributed by atoms with Crippen LogP contribution < -0.4 is 15.5 Å². The number of halogens is 3. The maximum absolute atomic E-state index is 13.0. The van der Waals surface area contributed by atoms with Gasteiger partial charge in [0.1, 0.15) is 6.61 Å². The minimum atomic E-state index is -1.15. The van der Waals surface area contributed by atoms with Crippen molar-refractivity contribution in [2.75, 3.05) is 51.0 Å². The first kappa shape index (κ1) is 28.9. The SMILES string of the molecule is O=C(NCC(O)CO)c1c(I)c(C(=O)NCC(O)CO)c(I)c(N2CCCOCC2=O)c1I. The van der Waals surface area contributed by atoms with Crippen LogP contribution in [0.25, 0.3) is 0 Å². The van der Waals surface area contributed by atoms with E-state index in [0.29, 0.717) is 36.0 Å². The summed E-state index contributed by atoms with van der Waals surface area (Å²) in [6.45, 7) is -0.872. The van der Waals surface area contributed by atoms with Gasteiger partial charge >= 0.3 is 0 Å². The molecule has 14 heteroatoms. The fourth-order valence-electron chi connectivity index (χ4n) is 2.94. The maximum Gasteiger partial charge on any atom is 0.253 e. The summed E-state index contributed by atoms with van der Waals surface area (Å²) in [7, 11) is 0. The zero-order chi connectivity index (χ0) is 24.7. The van der Waals surface area contributed by atoms with E-state index in [4.69, 9.17) is 14.9 Å². The Labute approximate surface area is 231 Å². The molecule has 2 rings (SSSR count). The lowest BCUT2D eigenvalue weighted by atomic mass is 10.1. The largest absolute Gasteiger partial charge is 0.394 e. The number of hydrogen-bond acceptors (Lipinski definition) is 8. The molecule has 0 spiro atoms. The highest BCUT2D eigenvalue weighted by atomic mass is 127. The first-order chi connectivity index (χ1) is 15.6. The van der Waals surface area contributed by atoms with Gasteiger partial charge in [0, 0.05) is 29.8 Å². The van der Waals surface area contributed by atoms with Crippen molar-refractivity contribution in [1.82, 2.24) is 10.6 Å². The van der Waals surface area contributed by atoms with E-state index in [1.165, 1.54) is 4.90 Å². The summed E-state index contributed by atoms with van der Waals surface area (Å²) < 4.78 is 6.52. The zero-order valence-electron chi connectivity index (χ0n) is 17.3. The molecule has 1 fully saturated rings. The van der Waals surface area contributed by atoms with Crippen LogP contribution in [-0.2, 0) is 9.53 Å². The molecule has 33 heavy (non-hydrogen) atoms. The number of benzene rings is 1. The van der Waals surface area contributed by atoms with Crippen LogP contribution in [-0.4, -0.2) is 96.4 Å². The van der Waals surface area contributed by atoms with Gasteiger partial charge in [-0.15, -0.1) is 0 Å². The van der Waals surface area contributed by atoms with Crippen LogP contribution in [0, 0.1) is 10.7 Å². The van der Waals surface area contributed by atoms with Crippen molar-refractivity contribution in [3.05, 3.63) is 21.8 Å². The number of carbonyl (C=O) groups excluding carboxylic acids is 3. The van der Waals surface area contributed by atoms with Gasteiger partial charge in [-0.3, -0.25) is 14.4 Å². The van der Waals surface area contributed by atoms with E-state index >= 15 is 0 Å². The van der Waals surface area contributed by atoms with Crippen LogP contribution in [0.3, 0.4) is 0 Å². The summed E-state index contributed by atoms with van der Waals surface area (Å²) in [6.07, 6.45) is -1.74. The maximum atomic E-state index is 13.0. The van der Waals surface area contributed by atoms with Gasteiger partial charge in [-0.1, -0.05) is 0 Å². The van der Waals surface area contributed by atoms with E-state index in [1.54, 1.807) is 0 Å². The molecule has 2 atom stereocenters. The molecule has 1 aromatic carbocycles. The first-order valence-corrected chi connectivity index (χ1v) is 13.1. The zero-order valence-corrected chi connectivity index (χ0v) is 23.8. The Bertz CT molecular complexity index is 849. The van der Waals surface area contributed by atoms with Crippen LogP contribution in [0.4, 0.5) is 5.69 Å². The molecule has 0 aromatic heterocycles. The Kier molecular flexibility index (Phi) is 11.9. The van der Waals surface area contributed by atoms with Crippen molar-refractivity contribution in [2.45, 2.75) is 18.6 Å². The fraction of sp³-hybridized carbons (Fsp3) is 0.526. The third kappa shape index (κ3) is 7.31. The van der Waals surface area contributed by atoms with Gasteiger partial charge in [-0.25, -0.2) is 0 Å². The van der Waals surface area contributed by atoms with Gasteiger partial charge in [0.2, 0.25) is 0 Å².